The highest BCUT2D eigenvalue weighted by molar-refractivity contribution is 6.00. The van der Waals surface area contributed by atoms with Gasteiger partial charge in [-0.05, 0) is 62.3 Å². The van der Waals surface area contributed by atoms with Crippen LogP contribution >= 0.6 is 0 Å². The van der Waals surface area contributed by atoms with Crippen molar-refractivity contribution in [2.45, 2.75) is 18.9 Å². The number of furan rings is 1. The first-order valence-electron chi connectivity index (χ1n) is 11.6. The molecule has 1 fully saturated rings. The zero-order chi connectivity index (χ0) is 23.3. The molecule has 0 spiro atoms. The number of hydrogen-bond donors (Lipinski definition) is 1. The summed E-state index contributed by atoms with van der Waals surface area (Å²) in [6.07, 6.45) is 5.80. The van der Waals surface area contributed by atoms with Crippen LogP contribution in [0.15, 0.2) is 83.6 Å². The van der Waals surface area contributed by atoms with E-state index in [1.54, 1.807) is 24.3 Å². The lowest BCUT2D eigenvalue weighted by Crippen LogP contribution is -2.36. The molecule has 2 aromatic heterocycles. The second kappa shape index (κ2) is 9.97. The van der Waals surface area contributed by atoms with Gasteiger partial charge < -0.3 is 14.5 Å². The maximum Gasteiger partial charge on any atom is 0.255 e. The smallest absolute Gasteiger partial charge is 0.255 e. The zero-order valence-corrected chi connectivity index (χ0v) is 19.2. The van der Waals surface area contributed by atoms with Crippen molar-refractivity contribution in [3.63, 3.8) is 0 Å². The zero-order valence-electron chi connectivity index (χ0n) is 19.2. The number of rotatable bonds is 8. The molecule has 1 N–H and O–H groups in total. The van der Waals surface area contributed by atoms with Crippen LogP contribution in [0.2, 0.25) is 0 Å². The average molecular weight is 457 g/mol. The third-order valence-electron chi connectivity index (χ3n) is 6.23. The molecule has 1 saturated heterocycles. The van der Waals surface area contributed by atoms with Gasteiger partial charge in [0.1, 0.15) is 17.2 Å². The highest BCUT2D eigenvalue weighted by Crippen LogP contribution is 2.28. The van der Waals surface area contributed by atoms with Crippen LogP contribution in [0.25, 0.3) is 16.9 Å². The van der Waals surface area contributed by atoms with Gasteiger partial charge in [0.05, 0.1) is 30.7 Å². The van der Waals surface area contributed by atoms with Crippen LogP contribution in [0.4, 0.5) is 0 Å². The Morgan fingerprint density at radius 2 is 1.91 bits per heavy atom. The second-order valence-corrected chi connectivity index (χ2v) is 8.39. The van der Waals surface area contributed by atoms with Crippen LogP contribution in [0.5, 0.6) is 5.75 Å². The van der Waals surface area contributed by atoms with Gasteiger partial charge in [-0.1, -0.05) is 30.3 Å². The molecule has 0 aliphatic carbocycles. The summed E-state index contributed by atoms with van der Waals surface area (Å²) < 4.78 is 12.8. The molecule has 7 nitrogen and oxygen atoms in total. The fourth-order valence-corrected chi connectivity index (χ4v) is 4.47. The summed E-state index contributed by atoms with van der Waals surface area (Å²) in [6, 6.07) is 21.3. The minimum absolute atomic E-state index is 0.00545. The van der Waals surface area contributed by atoms with Crippen LogP contribution in [-0.4, -0.2) is 47.3 Å². The lowest BCUT2D eigenvalue weighted by atomic mass is 10.1. The molecule has 1 atom stereocenters. The maximum absolute atomic E-state index is 13.5. The number of nitrogens with zero attached hydrogens (tertiary/aromatic N) is 3. The Morgan fingerprint density at radius 1 is 1.09 bits per heavy atom. The van der Waals surface area contributed by atoms with Gasteiger partial charge in [-0.3, -0.25) is 9.69 Å². The molecule has 34 heavy (non-hydrogen) atoms. The molecule has 5 rings (SSSR count). The highest BCUT2D eigenvalue weighted by atomic mass is 16.5. The highest BCUT2D eigenvalue weighted by Gasteiger charge is 2.27. The number of carbonyl (C=O) groups excluding carboxylic acids is 1. The SMILES string of the molecule is COc1cccc(-c2nn(-c3ccccc3)cc2C(=O)NC[C@@H](c2ccco2)N2CCCC2)c1. The maximum atomic E-state index is 13.5. The van der Waals surface area contributed by atoms with Crippen molar-refractivity contribution in [2.24, 2.45) is 0 Å². The molecule has 3 heterocycles. The number of likely N-dealkylation sites (tertiary alicyclic amines) is 1. The van der Waals surface area contributed by atoms with E-state index in [2.05, 4.69) is 10.2 Å². The molecule has 2 aromatic carbocycles. The first kappa shape index (κ1) is 22.0. The average Bonchev–Trinajstić information content (AvgIpc) is 3.67. The number of benzene rings is 2. The van der Waals surface area contributed by atoms with Crippen LogP contribution in [0, 0.1) is 0 Å². The molecule has 1 aliphatic heterocycles. The molecule has 0 bridgehead atoms. The van der Waals surface area contributed by atoms with E-state index in [1.165, 1.54) is 0 Å². The molecule has 1 aliphatic rings. The monoisotopic (exact) mass is 456 g/mol. The third kappa shape index (κ3) is 4.61. The first-order chi connectivity index (χ1) is 16.7. The van der Waals surface area contributed by atoms with Crippen molar-refractivity contribution in [1.29, 1.82) is 0 Å². The molecular formula is C27H28N4O3. The van der Waals surface area contributed by atoms with E-state index < -0.39 is 0 Å². The molecule has 1 amide bonds. The summed E-state index contributed by atoms with van der Waals surface area (Å²) >= 11 is 0. The summed E-state index contributed by atoms with van der Waals surface area (Å²) in [7, 11) is 1.63. The molecule has 0 radical (unpaired) electrons. The van der Waals surface area contributed by atoms with Crippen molar-refractivity contribution in [3.8, 4) is 22.7 Å². The molecule has 174 valence electrons. The Kier molecular flexibility index (Phi) is 6.44. The van der Waals surface area contributed by atoms with E-state index >= 15 is 0 Å². The molecule has 4 aromatic rings. The van der Waals surface area contributed by atoms with Gasteiger partial charge in [0.2, 0.25) is 0 Å². The molecule has 7 heteroatoms. The van der Waals surface area contributed by atoms with E-state index in [4.69, 9.17) is 14.3 Å². The second-order valence-electron chi connectivity index (χ2n) is 8.39. The van der Waals surface area contributed by atoms with Crippen molar-refractivity contribution >= 4 is 5.91 Å². The summed E-state index contributed by atoms with van der Waals surface area (Å²) in [5.41, 5.74) is 2.82. The van der Waals surface area contributed by atoms with Gasteiger partial charge in [-0.2, -0.15) is 5.10 Å². The van der Waals surface area contributed by atoms with Crippen LogP contribution in [-0.2, 0) is 0 Å². The largest absolute Gasteiger partial charge is 0.497 e. The lowest BCUT2D eigenvalue weighted by Gasteiger charge is -2.26. The summed E-state index contributed by atoms with van der Waals surface area (Å²) in [4.78, 5) is 15.9. The number of aromatic nitrogens is 2. The molecular weight excluding hydrogens is 428 g/mol. The number of methoxy groups -OCH3 is 1. The van der Waals surface area contributed by atoms with E-state index in [0.717, 1.165) is 42.9 Å². The quantitative estimate of drug-likeness (QED) is 0.416. The van der Waals surface area contributed by atoms with Gasteiger partial charge >= 0.3 is 0 Å². The first-order valence-corrected chi connectivity index (χ1v) is 11.6. The number of ether oxygens (including phenoxy) is 1. The van der Waals surface area contributed by atoms with Crippen LogP contribution < -0.4 is 10.1 Å². The predicted molar refractivity (Wildman–Crippen MR) is 130 cm³/mol. The third-order valence-corrected chi connectivity index (χ3v) is 6.23. The number of hydrogen-bond acceptors (Lipinski definition) is 5. The van der Waals surface area contributed by atoms with Crippen molar-refractivity contribution in [3.05, 3.63) is 90.5 Å². The Morgan fingerprint density at radius 3 is 2.65 bits per heavy atom. The summed E-state index contributed by atoms with van der Waals surface area (Å²) in [5.74, 6) is 1.41. The van der Waals surface area contributed by atoms with Crippen molar-refractivity contribution < 1.29 is 13.9 Å². The van der Waals surface area contributed by atoms with Gasteiger partial charge in [0.15, 0.2) is 0 Å². The van der Waals surface area contributed by atoms with Crippen molar-refractivity contribution in [1.82, 2.24) is 20.0 Å². The van der Waals surface area contributed by atoms with Crippen molar-refractivity contribution in [2.75, 3.05) is 26.7 Å². The van der Waals surface area contributed by atoms with Crippen LogP contribution in [0.3, 0.4) is 0 Å². The minimum Gasteiger partial charge on any atom is -0.497 e. The summed E-state index contributed by atoms with van der Waals surface area (Å²) in [5, 5.41) is 7.92. The Hall–Kier alpha value is -3.84. The van der Waals surface area contributed by atoms with Gasteiger partial charge in [-0.25, -0.2) is 4.68 Å². The summed E-state index contributed by atoms with van der Waals surface area (Å²) in [6.45, 7) is 2.46. The van der Waals surface area contributed by atoms with Crippen LogP contribution in [0.1, 0.15) is 35.0 Å². The minimum atomic E-state index is -0.171. The van der Waals surface area contributed by atoms with E-state index in [0.29, 0.717) is 23.6 Å². The predicted octanol–water partition coefficient (Wildman–Crippen LogP) is 4.71. The van der Waals surface area contributed by atoms with E-state index in [9.17, 15) is 4.79 Å². The Labute approximate surface area is 199 Å². The number of para-hydroxylation sites is 1. The lowest BCUT2D eigenvalue weighted by molar-refractivity contribution is 0.0934. The molecule has 0 unspecified atom stereocenters. The Balaban J connectivity index is 1.45. The normalized spacial score (nSPS) is 14.7. The van der Waals surface area contributed by atoms with Gasteiger partial charge in [-0.15, -0.1) is 0 Å². The number of carbonyl (C=O) groups is 1. The Bertz CT molecular complexity index is 1230. The fourth-order valence-electron chi connectivity index (χ4n) is 4.47. The standard InChI is InChI=1S/C27H28N4O3/c1-33-22-12-7-9-20(17-22)26-23(19-31(29-26)21-10-3-2-4-11-21)27(32)28-18-24(25-13-8-16-34-25)30-14-5-6-15-30/h2-4,7-13,16-17,19,24H,5-6,14-15,18H2,1H3,(H,28,32)/t24-/m0/s1. The topological polar surface area (TPSA) is 72.5 Å². The number of amides is 1. The van der Waals surface area contributed by atoms with Gasteiger partial charge in [0.25, 0.3) is 5.91 Å². The fraction of sp³-hybridized carbons (Fsp3) is 0.259. The molecule has 0 saturated carbocycles. The number of nitrogens with one attached hydrogen (secondary N) is 1. The van der Waals surface area contributed by atoms with E-state index in [1.807, 2.05) is 66.7 Å². The van der Waals surface area contributed by atoms with E-state index in [-0.39, 0.29) is 11.9 Å². The van der Waals surface area contributed by atoms with Gasteiger partial charge in [0, 0.05) is 18.3 Å².